The molecule has 180 valence electrons. The van der Waals surface area contributed by atoms with Gasteiger partial charge in [0.05, 0.1) is 42.3 Å². The molecule has 0 spiro atoms. The second kappa shape index (κ2) is 10.2. The summed E-state index contributed by atoms with van der Waals surface area (Å²) in [5.74, 6) is -0.237. The van der Waals surface area contributed by atoms with E-state index in [1.165, 1.54) is 6.07 Å². The Kier molecular flexibility index (Phi) is 7.09. The lowest BCUT2D eigenvalue weighted by Crippen LogP contribution is -2.22. The third kappa shape index (κ3) is 5.64. The molecule has 0 amide bonds. The van der Waals surface area contributed by atoms with Gasteiger partial charge in [-0.05, 0) is 29.8 Å². The number of nitriles is 1. The summed E-state index contributed by atoms with van der Waals surface area (Å²) in [5.41, 5.74) is 3.27. The third-order valence-electron chi connectivity index (χ3n) is 5.76. The normalized spacial score (nSPS) is 12.5. The van der Waals surface area contributed by atoms with Gasteiger partial charge in [0.25, 0.3) is 0 Å². The van der Waals surface area contributed by atoms with Crippen LogP contribution >= 0.6 is 0 Å². The van der Waals surface area contributed by atoms with Gasteiger partial charge in [-0.25, -0.2) is 14.8 Å². The van der Waals surface area contributed by atoms with Crippen LogP contribution in [-0.2, 0) is 11.5 Å². The SMILES string of the molecule is C[Si](C)(C)CCOCn1cnc(-c2cnn(C(CC#N)c3cccc(C(=O)O)c3)c2)c2ccnc1-2. The fraction of sp³-hybridized carbons (Fsp3) is 0.320. The summed E-state index contributed by atoms with van der Waals surface area (Å²) in [6, 6.07) is 11.4. The van der Waals surface area contributed by atoms with Gasteiger partial charge in [-0.3, -0.25) is 9.25 Å². The van der Waals surface area contributed by atoms with Crippen LogP contribution in [0.2, 0.25) is 25.7 Å². The first kappa shape index (κ1) is 24.3. The number of fused-ring (bicyclic) bond motifs is 1. The van der Waals surface area contributed by atoms with Crippen molar-refractivity contribution in [3.63, 3.8) is 0 Å². The fourth-order valence-corrected chi connectivity index (χ4v) is 4.57. The largest absolute Gasteiger partial charge is 0.478 e. The maximum Gasteiger partial charge on any atom is 0.335 e. The first-order valence-corrected chi connectivity index (χ1v) is 15.1. The van der Waals surface area contributed by atoms with Gasteiger partial charge >= 0.3 is 5.97 Å². The van der Waals surface area contributed by atoms with E-state index in [-0.39, 0.29) is 12.0 Å². The molecule has 0 bridgehead atoms. The highest BCUT2D eigenvalue weighted by atomic mass is 28.3. The first-order chi connectivity index (χ1) is 16.8. The van der Waals surface area contributed by atoms with Gasteiger partial charge in [-0.15, -0.1) is 0 Å². The number of hydrogen-bond donors (Lipinski definition) is 1. The first-order valence-electron chi connectivity index (χ1n) is 11.4. The van der Waals surface area contributed by atoms with Crippen molar-refractivity contribution in [2.45, 2.75) is 44.9 Å². The molecule has 0 saturated heterocycles. The second-order valence-corrected chi connectivity index (χ2v) is 15.2. The molecule has 2 aliphatic rings. The minimum Gasteiger partial charge on any atom is -0.478 e. The highest BCUT2D eigenvalue weighted by Crippen LogP contribution is 2.32. The van der Waals surface area contributed by atoms with Crippen LogP contribution in [0, 0.1) is 11.3 Å². The Morgan fingerprint density at radius 1 is 1.26 bits per heavy atom. The molecule has 1 aromatic carbocycles. The highest BCUT2D eigenvalue weighted by Gasteiger charge is 2.21. The van der Waals surface area contributed by atoms with Crippen LogP contribution in [0.15, 0.2) is 55.2 Å². The molecule has 0 aliphatic carbocycles. The molecule has 1 N–H and O–H groups in total. The lowest BCUT2D eigenvalue weighted by molar-refractivity contribution is 0.0696. The van der Waals surface area contributed by atoms with Crippen molar-refractivity contribution >= 4 is 14.0 Å². The van der Waals surface area contributed by atoms with E-state index < -0.39 is 20.1 Å². The molecule has 1 aromatic heterocycles. The maximum absolute atomic E-state index is 11.4. The van der Waals surface area contributed by atoms with E-state index in [0.29, 0.717) is 18.9 Å². The lowest BCUT2D eigenvalue weighted by Gasteiger charge is -2.17. The second-order valence-electron chi connectivity index (χ2n) is 9.61. The van der Waals surface area contributed by atoms with Crippen LogP contribution in [0.25, 0.3) is 22.6 Å². The molecule has 0 saturated carbocycles. The van der Waals surface area contributed by atoms with Crippen LogP contribution in [0.3, 0.4) is 0 Å². The van der Waals surface area contributed by atoms with Crippen molar-refractivity contribution in [1.82, 2.24) is 24.3 Å². The van der Waals surface area contributed by atoms with Crippen LogP contribution in [0.4, 0.5) is 0 Å². The lowest BCUT2D eigenvalue weighted by atomic mass is 10.0. The van der Waals surface area contributed by atoms with E-state index in [1.54, 1.807) is 41.6 Å². The number of ether oxygens (including phenoxy) is 1. The maximum atomic E-state index is 11.4. The minimum atomic E-state index is -1.16. The van der Waals surface area contributed by atoms with Gasteiger partial charge < -0.3 is 9.84 Å². The monoisotopic (exact) mass is 488 g/mol. The van der Waals surface area contributed by atoms with Crippen LogP contribution in [0.5, 0.6) is 0 Å². The quantitative estimate of drug-likeness (QED) is 0.252. The smallest absolute Gasteiger partial charge is 0.335 e. The van der Waals surface area contributed by atoms with Crippen LogP contribution in [-0.4, -0.2) is 50.1 Å². The van der Waals surface area contributed by atoms with Crippen molar-refractivity contribution in [2.75, 3.05) is 6.61 Å². The summed E-state index contributed by atoms with van der Waals surface area (Å²) in [7, 11) is -1.16. The number of carboxylic acid groups (broad SMARTS) is 1. The molecule has 9 nitrogen and oxygen atoms in total. The van der Waals surface area contributed by atoms with E-state index in [9.17, 15) is 15.2 Å². The molecule has 10 heteroatoms. The number of benzene rings is 1. The number of nitrogens with zero attached hydrogens (tertiary/aromatic N) is 6. The number of rotatable bonds is 10. The Hall–Kier alpha value is -3.81. The average Bonchev–Trinajstić information content (AvgIpc) is 3.50. The van der Waals surface area contributed by atoms with Gasteiger partial charge in [0.15, 0.2) is 0 Å². The highest BCUT2D eigenvalue weighted by molar-refractivity contribution is 6.76. The van der Waals surface area contributed by atoms with E-state index in [4.69, 9.17) is 4.74 Å². The summed E-state index contributed by atoms with van der Waals surface area (Å²) in [4.78, 5) is 20.6. The standard InChI is InChI=1S/C25H28N6O3Si/c1-35(2,3)12-11-34-17-30-16-28-23(21-8-10-27-24(21)30)20-14-29-31(15-20)22(7-9-26)18-5-4-6-19(13-18)25(32)33/h4-6,8,10,13-16,22H,7,11-12,17H2,1-3H3,(H,32,33). The molecular weight excluding hydrogens is 460 g/mol. The zero-order valence-electron chi connectivity index (χ0n) is 20.0. The molecule has 0 radical (unpaired) electrons. The third-order valence-corrected chi connectivity index (χ3v) is 7.46. The molecule has 0 fully saturated rings. The summed E-state index contributed by atoms with van der Waals surface area (Å²) in [6.45, 7) is 8.06. The van der Waals surface area contributed by atoms with Crippen LogP contribution in [0.1, 0.15) is 28.4 Å². The molecule has 1 atom stereocenters. The van der Waals surface area contributed by atoms with Gasteiger partial charge in [0.2, 0.25) is 0 Å². The topological polar surface area (TPSA) is 119 Å². The Bertz CT molecular complexity index is 1330. The summed E-state index contributed by atoms with van der Waals surface area (Å²) in [6.07, 6.45) is 7.15. The van der Waals surface area contributed by atoms with E-state index in [2.05, 4.69) is 40.8 Å². The van der Waals surface area contributed by atoms with E-state index >= 15 is 0 Å². The summed E-state index contributed by atoms with van der Waals surface area (Å²) in [5, 5.41) is 23.2. The number of hydrogen-bond acceptors (Lipinski definition) is 6. The van der Waals surface area contributed by atoms with Gasteiger partial charge in [-0.1, -0.05) is 31.8 Å². The minimum absolute atomic E-state index is 0.147. The van der Waals surface area contributed by atoms with Crippen molar-refractivity contribution in [2.24, 2.45) is 0 Å². The predicted molar refractivity (Wildman–Crippen MR) is 134 cm³/mol. The molecule has 2 aliphatic heterocycles. The van der Waals surface area contributed by atoms with Crippen LogP contribution < -0.4 is 0 Å². The molecule has 2 aromatic rings. The molecule has 3 heterocycles. The number of carboxylic acids is 1. The molecule has 1 unspecified atom stereocenters. The van der Waals surface area contributed by atoms with Crippen molar-refractivity contribution < 1.29 is 14.6 Å². The number of aromatic nitrogens is 5. The van der Waals surface area contributed by atoms with Gasteiger partial charge in [0, 0.05) is 38.2 Å². The van der Waals surface area contributed by atoms with Crippen molar-refractivity contribution in [3.8, 4) is 28.7 Å². The Morgan fingerprint density at radius 3 is 2.83 bits per heavy atom. The molecular formula is C25H28N6O3Si. The Labute approximate surface area is 205 Å². The summed E-state index contributed by atoms with van der Waals surface area (Å²) < 4.78 is 9.46. The van der Waals surface area contributed by atoms with Crippen molar-refractivity contribution in [3.05, 3.63) is 66.4 Å². The zero-order valence-corrected chi connectivity index (χ0v) is 21.0. The summed E-state index contributed by atoms with van der Waals surface area (Å²) >= 11 is 0. The fourth-order valence-electron chi connectivity index (χ4n) is 3.82. The predicted octanol–water partition coefficient (Wildman–Crippen LogP) is 4.76. The van der Waals surface area contributed by atoms with Gasteiger partial charge in [-0.2, -0.15) is 10.4 Å². The Balaban J connectivity index is 1.59. The number of aromatic carboxylic acids is 1. The number of carbonyl (C=O) groups is 1. The Morgan fingerprint density at radius 2 is 2.09 bits per heavy atom. The molecule has 4 rings (SSSR count). The zero-order chi connectivity index (χ0) is 25.0. The van der Waals surface area contributed by atoms with Gasteiger partial charge in [0.1, 0.15) is 12.6 Å². The van der Waals surface area contributed by atoms with E-state index in [0.717, 1.165) is 28.7 Å². The van der Waals surface area contributed by atoms with E-state index in [1.807, 2.05) is 16.8 Å². The average molecular weight is 489 g/mol. The van der Waals surface area contributed by atoms with Crippen molar-refractivity contribution in [1.29, 1.82) is 5.26 Å². The molecule has 35 heavy (non-hydrogen) atoms.